The zero-order valence-electron chi connectivity index (χ0n) is 10.4. The first-order valence-electron chi connectivity index (χ1n) is 5.88. The summed E-state index contributed by atoms with van der Waals surface area (Å²) in [7, 11) is 0. The van der Waals surface area contributed by atoms with Crippen molar-refractivity contribution in [2.45, 2.75) is 58.1 Å². The van der Waals surface area contributed by atoms with E-state index in [1.807, 2.05) is 20.8 Å². The summed E-state index contributed by atoms with van der Waals surface area (Å²) in [6.45, 7) is 5.56. The Morgan fingerprint density at radius 1 is 1.38 bits per heavy atom. The highest BCUT2D eigenvalue weighted by atomic mass is 16.6. The SMILES string of the molecule is C#CC1CCCC[C@H]1NC(=O)OC(C)(C)C. The lowest BCUT2D eigenvalue weighted by atomic mass is 9.85. The third-order valence-corrected chi connectivity index (χ3v) is 2.68. The first-order chi connectivity index (χ1) is 7.42. The van der Waals surface area contributed by atoms with Crippen LogP contribution in [0.15, 0.2) is 0 Å². The second-order valence-electron chi connectivity index (χ2n) is 5.31. The summed E-state index contributed by atoms with van der Waals surface area (Å²) in [5.74, 6) is 2.91. The van der Waals surface area contributed by atoms with Gasteiger partial charge < -0.3 is 10.1 Å². The van der Waals surface area contributed by atoms with Gasteiger partial charge in [-0.15, -0.1) is 12.3 Å². The maximum Gasteiger partial charge on any atom is 0.407 e. The molecular formula is C13H21NO2. The second-order valence-corrected chi connectivity index (χ2v) is 5.31. The number of alkyl carbamates (subject to hydrolysis) is 1. The molecule has 0 spiro atoms. The van der Waals surface area contributed by atoms with E-state index >= 15 is 0 Å². The average Bonchev–Trinajstić information content (AvgIpc) is 2.15. The van der Waals surface area contributed by atoms with Gasteiger partial charge in [0.15, 0.2) is 0 Å². The van der Waals surface area contributed by atoms with E-state index in [9.17, 15) is 4.79 Å². The smallest absolute Gasteiger partial charge is 0.407 e. The Bertz CT molecular complexity index is 285. The Labute approximate surface area is 97.9 Å². The van der Waals surface area contributed by atoms with Gasteiger partial charge in [0.2, 0.25) is 0 Å². The third-order valence-electron chi connectivity index (χ3n) is 2.68. The van der Waals surface area contributed by atoms with Gasteiger partial charge in [0.05, 0.1) is 0 Å². The maximum atomic E-state index is 11.6. The molecule has 0 bridgehead atoms. The van der Waals surface area contributed by atoms with E-state index in [1.54, 1.807) is 0 Å². The lowest BCUT2D eigenvalue weighted by Crippen LogP contribution is -2.44. The van der Waals surface area contributed by atoms with Crippen molar-refractivity contribution in [1.82, 2.24) is 5.32 Å². The van der Waals surface area contributed by atoms with Crippen LogP contribution in [0.25, 0.3) is 0 Å². The Balaban J connectivity index is 2.46. The number of terminal acetylenes is 1. The molecule has 0 aromatic heterocycles. The Hall–Kier alpha value is -1.17. The topological polar surface area (TPSA) is 38.3 Å². The van der Waals surface area contributed by atoms with Crippen molar-refractivity contribution in [3.63, 3.8) is 0 Å². The number of hydrogen-bond acceptors (Lipinski definition) is 2. The van der Waals surface area contributed by atoms with Gasteiger partial charge in [-0.2, -0.15) is 0 Å². The molecule has 16 heavy (non-hydrogen) atoms. The van der Waals surface area contributed by atoms with Crippen molar-refractivity contribution >= 4 is 6.09 Å². The summed E-state index contributed by atoms with van der Waals surface area (Å²) in [6.07, 6.45) is 9.32. The fourth-order valence-electron chi connectivity index (χ4n) is 1.96. The molecular weight excluding hydrogens is 202 g/mol. The van der Waals surface area contributed by atoms with Crippen LogP contribution >= 0.6 is 0 Å². The zero-order valence-corrected chi connectivity index (χ0v) is 10.4. The molecule has 3 heteroatoms. The van der Waals surface area contributed by atoms with E-state index in [4.69, 9.17) is 11.2 Å². The molecule has 1 aliphatic rings. The minimum absolute atomic E-state index is 0.0774. The van der Waals surface area contributed by atoms with Crippen molar-refractivity contribution in [2.24, 2.45) is 5.92 Å². The zero-order chi connectivity index (χ0) is 12.2. The molecule has 1 N–H and O–H groups in total. The maximum absolute atomic E-state index is 11.6. The summed E-state index contributed by atoms with van der Waals surface area (Å²) >= 11 is 0. The molecule has 1 fully saturated rings. The van der Waals surface area contributed by atoms with E-state index < -0.39 is 5.60 Å². The van der Waals surface area contributed by atoms with Gasteiger partial charge in [0, 0.05) is 12.0 Å². The number of amides is 1. The highest BCUT2D eigenvalue weighted by Crippen LogP contribution is 2.24. The van der Waals surface area contributed by atoms with E-state index in [2.05, 4.69) is 11.2 Å². The molecule has 1 unspecified atom stereocenters. The van der Waals surface area contributed by atoms with Gasteiger partial charge in [0.1, 0.15) is 5.60 Å². The molecule has 0 saturated heterocycles. The van der Waals surface area contributed by atoms with Crippen LogP contribution in [-0.2, 0) is 4.74 Å². The quantitative estimate of drug-likeness (QED) is 0.694. The Kier molecular flexibility index (Phi) is 4.23. The number of rotatable bonds is 1. The number of ether oxygens (including phenoxy) is 1. The molecule has 1 amide bonds. The molecule has 0 aliphatic heterocycles. The van der Waals surface area contributed by atoms with Crippen LogP contribution in [0.2, 0.25) is 0 Å². The van der Waals surface area contributed by atoms with Gasteiger partial charge in [-0.05, 0) is 33.6 Å². The van der Waals surface area contributed by atoms with Crippen molar-refractivity contribution in [3.8, 4) is 12.3 Å². The van der Waals surface area contributed by atoms with E-state index in [0.29, 0.717) is 0 Å². The lowest BCUT2D eigenvalue weighted by Gasteiger charge is -2.29. The summed E-state index contributed by atoms with van der Waals surface area (Å²) in [5.41, 5.74) is -0.454. The highest BCUT2D eigenvalue weighted by Gasteiger charge is 2.26. The fraction of sp³-hybridized carbons (Fsp3) is 0.769. The molecule has 90 valence electrons. The van der Waals surface area contributed by atoms with Gasteiger partial charge in [-0.25, -0.2) is 4.79 Å². The number of hydrogen-bond donors (Lipinski definition) is 1. The van der Waals surface area contributed by atoms with Crippen LogP contribution < -0.4 is 5.32 Å². The van der Waals surface area contributed by atoms with Crippen LogP contribution in [0.5, 0.6) is 0 Å². The Morgan fingerprint density at radius 3 is 2.56 bits per heavy atom. The van der Waals surface area contributed by atoms with Crippen molar-refractivity contribution < 1.29 is 9.53 Å². The Morgan fingerprint density at radius 2 is 2.00 bits per heavy atom. The first-order valence-corrected chi connectivity index (χ1v) is 5.88. The predicted octanol–water partition coefficient (Wildman–Crippen LogP) is 2.70. The molecule has 0 aromatic carbocycles. The van der Waals surface area contributed by atoms with Gasteiger partial charge in [0.25, 0.3) is 0 Å². The van der Waals surface area contributed by atoms with Crippen molar-refractivity contribution in [2.75, 3.05) is 0 Å². The largest absolute Gasteiger partial charge is 0.444 e. The molecule has 1 rings (SSSR count). The number of carbonyl (C=O) groups is 1. The van der Waals surface area contributed by atoms with Crippen LogP contribution in [0.1, 0.15) is 46.5 Å². The normalized spacial score (nSPS) is 25.6. The summed E-state index contributed by atoms with van der Waals surface area (Å²) in [6, 6.07) is 0.0774. The summed E-state index contributed by atoms with van der Waals surface area (Å²) < 4.78 is 5.21. The monoisotopic (exact) mass is 223 g/mol. The van der Waals surface area contributed by atoms with Crippen LogP contribution in [0.4, 0.5) is 4.79 Å². The van der Waals surface area contributed by atoms with Crippen LogP contribution in [-0.4, -0.2) is 17.7 Å². The molecule has 3 nitrogen and oxygen atoms in total. The predicted molar refractivity (Wildman–Crippen MR) is 63.9 cm³/mol. The summed E-state index contributed by atoms with van der Waals surface area (Å²) in [4.78, 5) is 11.6. The molecule has 1 aliphatic carbocycles. The third kappa shape index (κ3) is 4.14. The second kappa shape index (κ2) is 5.25. The highest BCUT2D eigenvalue weighted by molar-refractivity contribution is 5.68. The van der Waals surface area contributed by atoms with E-state index in [0.717, 1.165) is 25.7 Å². The van der Waals surface area contributed by atoms with E-state index in [-0.39, 0.29) is 18.1 Å². The number of carbonyl (C=O) groups excluding carboxylic acids is 1. The van der Waals surface area contributed by atoms with Crippen LogP contribution in [0, 0.1) is 18.3 Å². The fourth-order valence-corrected chi connectivity index (χ4v) is 1.96. The molecule has 0 radical (unpaired) electrons. The average molecular weight is 223 g/mol. The molecule has 1 saturated carbocycles. The molecule has 0 aromatic rings. The van der Waals surface area contributed by atoms with Crippen molar-refractivity contribution in [3.05, 3.63) is 0 Å². The minimum Gasteiger partial charge on any atom is -0.444 e. The van der Waals surface area contributed by atoms with Gasteiger partial charge >= 0.3 is 6.09 Å². The van der Waals surface area contributed by atoms with Gasteiger partial charge in [-0.3, -0.25) is 0 Å². The summed E-state index contributed by atoms with van der Waals surface area (Å²) in [5, 5.41) is 2.87. The lowest BCUT2D eigenvalue weighted by molar-refractivity contribution is 0.0481. The minimum atomic E-state index is -0.454. The standard InChI is InChI=1S/C13H21NO2/c1-5-10-8-6-7-9-11(10)14-12(15)16-13(2,3)4/h1,10-11H,6-9H2,2-4H3,(H,14,15)/t10?,11-/m1/s1. The van der Waals surface area contributed by atoms with Gasteiger partial charge in [-0.1, -0.05) is 12.8 Å². The first kappa shape index (κ1) is 12.9. The number of nitrogens with one attached hydrogen (secondary N) is 1. The van der Waals surface area contributed by atoms with E-state index in [1.165, 1.54) is 0 Å². The molecule has 0 heterocycles. The molecule has 2 atom stereocenters. The van der Waals surface area contributed by atoms with Crippen LogP contribution in [0.3, 0.4) is 0 Å². The van der Waals surface area contributed by atoms with Crippen molar-refractivity contribution in [1.29, 1.82) is 0 Å².